The van der Waals surface area contributed by atoms with E-state index < -0.39 is 17.7 Å². The van der Waals surface area contributed by atoms with Crippen LogP contribution in [0.2, 0.25) is 0 Å². The van der Waals surface area contributed by atoms with Gasteiger partial charge in [0.05, 0.1) is 24.7 Å². The smallest absolute Gasteiger partial charge is 0.350 e. The fraction of sp³-hybridized carbons (Fsp3) is 0.619. The van der Waals surface area contributed by atoms with Crippen molar-refractivity contribution < 1.29 is 32.2 Å². The summed E-state index contributed by atoms with van der Waals surface area (Å²) in [6.45, 7) is 2.73. The van der Waals surface area contributed by atoms with Gasteiger partial charge < -0.3 is 19.3 Å². The van der Waals surface area contributed by atoms with Gasteiger partial charge in [-0.2, -0.15) is 13.2 Å². The molecule has 1 atom stereocenters. The number of alkyl halides is 3. The Balaban J connectivity index is 1.32. The topological polar surface area (TPSA) is 59.1 Å². The maximum absolute atomic E-state index is 12.9. The highest BCUT2D eigenvalue weighted by molar-refractivity contribution is 5.89. The molecule has 1 aromatic rings. The molecule has 3 saturated heterocycles. The van der Waals surface area contributed by atoms with Crippen molar-refractivity contribution >= 4 is 11.8 Å². The van der Waals surface area contributed by atoms with E-state index in [0.717, 1.165) is 25.0 Å². The molecule has 6 nitrogen and oxygen atoms in total. The first-order chi connectivity index (χ1) is 14.3. The van der Waals surface area contributed by atoms with Gasteiger partial charge in [0, 0.05) is 38.5 Å². The first-order valence-electron chi connectivity index (χ1n) is 10.3. The highest BCUT2D eigenvalue weighted by atomic mass is 19.4. The molecule has 0 bridgehead atoms. The quantitative estimate of drug-likeness (QED) is 0.743. The van der Waals surface area contributed by atoms with Crippen molar-refractivity contribution in [1.29, 1.82) is 0 Å². The van der Waals surface area contributed by atoms with Crippen LogP contribution in [-0.4, -0.2) is 60.8 Å². The lowest BCUT2D eigenvalue weighted by Crippen LogP contribution is -2.44. The molecule has 0 radical (unpaired) electrons. The van der Waals surface area contributed by atoms with Crippen LogP contribution in [-0.2, 0) is 31.8 Å². The highest BCUT2D eigenvalue weighted by Crippen LogP contribution is 2.31. The number of benzene rings is 1. The molecular weight excluding hydrogens is 401 g/mol. The summed E-state index contributed by atoms with van der Waals surface area (Å²) in [5.41, 5.74) is -0.332. The molecule has 2 amide bonds. The zero-order chi connectivity index (χ0) is 21.3. The van der Waals surface area contributed by atoms with Crippen LogP contribution in [0.15, 0.2) is 24.3 Å². The summed E-state index contributed by atoms with van der Waals surface area (Å²) >= 11 is 0. The van der Waals surface area contributed by atoms with E-state index in [4.69, 9.17) is 9.47 Å². The summed E-state index contributed by atoms with van der Waals surface area (Å²) in [6, 6.07) is 4.96. The van der Waals surface area contributed by atoms with Crippen LogP contribution in [0.5, 0.6) is 0 Å². The fourth-order valence-corrected chi connectivity index (χ4v) is 4.46. The van der Waals surface area contributed by atoms with Gasteiger partial charge in [0.25, 0.3) is 0 Å². The zero-order valence-corrected chi connectivity index (χ0v) is 16.6. The average molecular weight is 426 g/mol. The molecule has 4 rings (SSSR count). The highest BCUT2D eigenvalue weighted by Gasteiger charge is 2.39. The average Bonchev–Trinajstić information content (AvgIpc) is 3.38. The molecule has 0 N–H and O–H groups in total. The Labute approximate surface area is 172 Å². The summed E-state index contributed by atoms with van der Waals surface area (Å²) in [7, 11) is 0. The fourth-order valence-electron chi connectivity index (χ4n) is 4.46. The van der Waals surface area contributed by atoms with E-state index in [0.29, 0.717) is 31.9 Å². The monoisotopic (exact) mass is 426 g/mol. The van der Waals surface area contributed by atoms with Gasteiger partial charge in [0.15, 0.2) is 6.29 Å². The molecule has 3 aliphatic heterocycles. The van der Waals surface area contributed by atoms with Gasteiger partial charge >= 0.3 is 6.18 Å². The van der Waals surface area contributed by atoms with E-state index in [1.54, 1.807) is 11.0 Å². The van der Waals surface area contributed by atoms with Crippen LogP contribution in [0.3, 0.4) is 0 Å². The number of likely N-dealkylation sites (tertiary alicyclic amines) is 2. The molecule has 30 heavy (non-hydrogen) atoms. The molecule has 3 fully saturated rings. The Kier molecular flexibility index (Phi) is 6.02. The lowest BCUT2D eigenvalue weighted by Gasteiger charge is -2.35. The minimum absolute atomic E-state index is 0.0541. The van der Waals surface area contributed by atoms with E-state index in [-0.39, 0.29) is 43.5 Å². The second-order valence-corrected chi connectivity index (χ2v) is 8.15. The van der Waals surface area contributed by atoms with Crippen molar-refractivity contribution in [2.24, 2.45) is 11.8 Å². The number of carbonyl (C=O) groups is 2. The summed E-state index contributed by atoms with van der Waals surface area (Å²) in [5.74, 6) is -0.423. The summed E-state index contributed by atoms with van der Waals surface area (Å²) < 4.78 is 49.8. The standard InChI is InChI=1S/C21H25F3N2O4/c22-21(23,24)17-3-1-2-14(10-17)12-26-13-16(11-18(26)27)19(28)25-6-4-15(5-7-25)20-29-8-9-30-20/h1-3,10,15-16,20H,4-9,11-13H2. The van der Waals surface area contributed by atoms with Crippen LogP contribution in [0.1, 0.15) is 30.4 Å². The Morgan fingerprint density at radius 3 is 2.50 bits per heavy atom. The molecule has 3 heterocycles. The van der Waals surface area contributed by atoms with Crippen LogP contribution >= 0.6 is 0 Å². The Hall–Kier alpha value is -2.13. The number of hydrogen-bond donors (Lipinski definition) is 0. The Morgan fingerprint density at radius 2 is 1.83 bits per heavy atom. The lowest BCUT2D eigenvalue weighted by atomic mass is 9.95. The van der Waals surface area contributed by atoms with Crippen LogP contribution in [0, 0.1) is 11.8 Å². The normalized spacial score (nSPS) is 24.1. The maximum atomic E-state index is 12.9. The molecule has 9 heteroatoms. The van der Waals surface area contributed by atoms with Crippen molar-refractivity contribution in [2.45, 2.75) is 38.3 Å². The molecule has 0 spiro atoms. The molecule has 0 saturated carbocycles. The van der Waals surface area contributed by atoms with Gasteiger partial charge in [-0.1, -0.05) is 12.1 Å². The minimum atomic E-state index is -4.43. The van der Waals surface area contributed by atoms with E-state index in [9.17, 15) is 22.8 Å². The zero-order valence-electron chi connectivity index (χ0n) is 16.6. The second-order valence-electron chi connectivity index (χ2n) is 8.15. The largest absolute Gasteiger partial charge is 0.416 e. The Morgan fingerprint density at radius 1 is 1.13 bits per heavy atom. The van der Waals surface area contributed by atoms with Gasteiger partial charge in [0.2, 0.25) is 11.8 Å². The van der Waals surface area contributed by atoms with Gasteiger partial charge in [-0.15, -0.1) is 0 Å². The number of ether oxygens (including phenoxy) is 2. The van der Waals surface area contributed by atoms with Crippen molar-refractivity contribution in [2.75, 3.05) is 32.8 Å². The van der Waals surface area contributed by atoms with E-state index in [1.165, 1.54) is 11.0 Å². The maximum Gasteiger partial charge on any atom is 0.416 e. The number of rotatable bonds is 4. The molecule has 0 aliphatic carbocycles. The van der Waals surface area contributed by atoms with E-state index in [1.807, 2.05) is 0 Å². The number of carbonyl (C=O) groups excluding carboxylic acids is 2. The third-order valence-electron chi connectivity index (χ3n) is 6.08. The summed E-state index contributed by atoms with van der Waals surface area (Å²) in [4.78, 5) is 28.5. The number of piperidine rings is 1. The van der Waals surface area contributed by atoms with E-state index in [2.05, 4.69) is 0 Å². The SMILES string of the molecule is O=C1CC(C(=O)N2CCC(C3OCCO3)CC2)CN1Cc1cccc(C(F)(F)F)c1. The third-order valence-corrected chi connectivity index (χ3v) is 6.08. The molecule has 3 aliphatic rings. The van der Waals surface area contributed by atoms with Crippen molar-refractivity contribution in [3.8, 4) is 0 Å². The predicted octanol–water partition coefficient (Wildman–Crippen LogP) is 2.67. The van der Waals surface area contributed by atoms with Crippen molar-refractivity contribution in [3.05, 3.63) is 35.4 Å². The third kappa shape index (κ3) is 4.62. The number of hydrogen-bond acceptors (Lipinski definition) is 4. The van der Waals surface area contributed by atoms with Crippen molar-refractivity contribution in [3.63, 3.8) is 0 Å². The van der Waals surface area contributed by atoms with Crippen LogP contribution in [0.25, 0.3) is 0 Å². The van der Waals surface area contributed by atoms with Crippen molar-refractivity contribution in [1.82, 2.24) is 9.80 Å². The van der Waals surface area contributed by atoms with Gasteiger partial charge in [-0.3, -0.25) is 9.59 Å². The lowest BCUT2D eigenvalue weighted by molar-refractivity contribution is -0.141. The van der Waals surface area contributed by atoms with Crippen LogP contribution in [0.4, 0.5) is 13.2 Å². The van der Waals surface area contributed by atoms with Gasteiger partial charge in [-0.05, 0) is 30.5 Å². The first kappa shape index (κ1) is 21.1. The molecule has 1 aromatic carbocycles. The number of halogens is 3. The van der Waals surface area contributed by atoms with Gasteiger partial charge in [0.1, 0.15) is 0 Å². The molecular formula is C21H25F3N2O4. The predicted molar refractivity (Wildman–Crippen MR) is 100.0 cm³/mol. The minimum Gasteiger partial charge on any atom is -0.350 e. The van der Waals surface area contributed by atoms with E-state index >= 15 is 0 Å². The first-order valence-corrected chi connectivity index (χ1v) is 10.3. The van der Waals surface area contributed by atoms with Gasteiger partial charge in [-0.25, -0.2) is 0 Å². The molecule has 0 aromatic heterocycles. The molecule has 1 unspecified atom stereocenters. The number of nitrogens with zero attached hydrogens (tertiary/aromatic N) is 2. The Bertz CT molecular complexity index is 787. The second kappa shape index (κ2) is 8.55. The summed E-state index contributed by atoms with van der Waals surface area (Å²) in [5, 5.41) is 0. The number of amides is 2. The van der Waals surface area contributed by atoms with Crippen LogP contribution < -0.4 is 0 Å². The molecule has 164 valence electrons. The summed E-state index contributed by atoms with van der Waals surface area (Å²) in [6.07, 6.45) is -2.91.